The summed E-state index contributed by atoms with van der Waals surface area (Å²) >= 11 is 3.44. The Morgan fingerprint density at radius 1 is 1.14 bits per heavy atom. The van der Waals surface area contributed by atoms with Crippen molar-refractivity contribution < 1.29 is 9.53 Å². The predicted octanol–water partition coefficient (Wildman–Crippen LogP) is 3.85. The lowest BCUT2D eigenvalue weighted by molar-refractivity contribution is 0.00401. The number of hydrogen-bond acceptors (Lipinski definition) is 2. The second kappa shape index (κ2) is 5.07. The van der Waals surface area contributed by atoms with Gasteiger partial charge in [0.1, 0.15) is 0 Å². The van der Waals surface area contributed by atoms with Gasteiger partial charge in [-0.3, -0.25) is 4.79 Å². The van der Waals surface area contributed by atoms with E-state index in [1.807, 2.05) is 48.5 Å². The Bertz CT molecular complexity index is 782. The van der Waals surface area contributed by atoms with Gasteiger partial charge in [-0.05, 0) is 35.8 Å². The van der Waals surface area contributed by atoms with Crippen molar-refractivity contribution in [2.75, 3.05) is 6.61 Å². The van der Waals surface area contributed by atoms with Crippen LogP contribution in [0.1, 0.15) is 27.9 Å². The van der Waals surface area contributed by atoms with E-state index < -0.39 is 5.72 Å². The summed E-state index contributed by atoms with van der Waals surface area (Å²) in [6.07, 6.45) is 2.92. The smallest absolute Gasteiger partial charge is 0.254 e. The molecule has 0 radical (unpaired) electrons. The van der Waals surface area contributed by atoms with Crippen molar-refractivity contribution in [3.05, 3.63) is 75.3 Å². The number of carbonyl (C=O) groups excluding carboxylic acids is 1. The van der Waals surface area contributed by atoms with Crippen molar-refractivity contribution >= 4 is 27.9 Å². The van der Waals surface area contributed by atoms with Crippen LogP contribution in [0.5, 0.6) is 0 Å². The lowest BCUT2D eigenvalue weighted by atomic mass is 9.93. The first-order chi connectivity index (χ1) is 10.7. The van der Waals surface area contributed by atoms with Gasteiger partial charge in [-0.15, -0.1) is 0 Å². The molecule has 1 N–H and O–H groups in total. The summed E-state index contributed by atoms with van der Waals surface area (Å²) in [5.74, 6) is -0.0702. The highest BCUT2D eigenvalue weighted by molar-refractivity contribution is 9.10. The Morgan fingerprint density at radius 3 is 2.73 bits per heavy atom. The van der Waals surface area contributed by atoms with E-state index in [0.29, 0.717) is 12.2 Å². The van der Waals surface area contributed by atoms with Crippen molar-refractivity contribution in [3.63, 3.8) is 0 Å². The molecule has 4 rings (SSSR count). The van der Waals surface area contributed by atoms with Gasteiger partial charge in [-0.1, -0.05) is 52.3 Å². The number of halogens is 1. The van der Waals surface area contributed by atoms with Crippen LogP contribution in [-0.4, -0.2) is 12.5 Å². The molecule has 22 heavy (non-hydrogen) atoms. The zero-order valence-corrected chi connectivity index (χ0v) is 13.4. The molecule has 1 spiro atoms. The van der Waals surface area contributed by atoms with Crippen LogP contribution in [0.2, 0.25) is 0 Å². The summed E-state index contributed by atoms with van der Waals surface area (Å²) in [5.41, 5.74) is 3.02. The Hall–Kier alpha value is -1.91. The van der Waals surface area contributed by atoms with Crippen LogP contribution >= 0.6 is 15.9 Å². The Balaban J connectivity index is 1.82. The molecule has 2 aromatic carbocycles. The van der Waals surface area contributed by atoms with Gasteiger partial charge in [0.15, 0.2) is 5.72 Å². The number of ether oxygens (including phenoxy) is 1. The fraction of sp³-hybridized carbons (Fsp3) is 0.167. The molecule has 3 nitrogen and oxygen atoms in total. The average molecular weight is 356 g/mol. The quantitative estimate of drug-likeness (QED) is 0.843. The molecular weight excluding hydrogens is 342 g/mol. The normalized spacial score (nSPS) is 24.8. The largest absolute Gasteiger partial charge is 0.347 e. The van der Waals surface area contributed by atoms with Crippen LogP contribution in [0.25, 0.3) is 6.08 Å². The predicted molar refractivity (Wildman–Crippen MR) is 88.3 cm³/mol. The van der Waals surface area contributed by atoms with Crippen LogP contribution in [0.3, 0.4) is 0 Å². The standard InChI is InChI=1S/C18H14BrNO2/c19-14-7-5-12(6-8-14)11-13-9-10-22-18(13)16-4-2-1-3-15(16)17(21)20-18/h1-8,11H,9-10H2,(H,20,21)/b13-11+/t18-/m1/s1. The van der Waals surface area contributed by atoms with Gasteiger partial charge in [0, 0.05) is 15.6 Å². The fourth-order valence-corrected chi connectivity index (χ4v) is 3.43. The third-order valence-electron chi connectivity index (χ3n) is 4.19. The van der Waals surface area contributed by atoms with Crippen molar-refractivity contribution in [2.45, 2.75) is 12.1 Å². The third-order valence-corrected chi connectivity index (χ3v) is 4.72. The van der Waals surface area contributed by atoms with Crippen LogP contribution in [-0.2, 0) is 10.5 Å². The molecule has 0 aromatic heterocycles. The molecule has 0 unspecified atom stereocenters. The van der Waals surface area contributed by atoms with Crippen LogP contribution < -0.4 is 5.32 Å². The maximum absolute atomic E-state index is 12.2. The number of nitrogens with one attached hydrogen (secondary N) is 1. The van der Waals surface area contributed by atoms with Gasteiger partial charge in [-0.25, -0.2) is 0 Å². The number of rotatable bonds is 1. The number of carbonyl (C=O) groups is 1. The van der Waals surface area contributed by atoms with Crippen LogP contribution in [0, 0.1) is 0 Å². The van der Waals surface area contributed by atoms with Crippen molar-refractivity contribution in [1.82, 2.24) is 5.32 Å². The highest BCUT2D eigenvalue weighted by Crippen LogP contribution is 2.44. The summed E-state index contributed by atoms with van der Waals surface area (Å²) in [4.78, 5) is 12.2. The first-order valence-electron chi connectivity index (χ1n) is 7.22. The van der Waals surface area contributed by atoms with Gasteiger partial charge in [0.2, 0.25) is 0 Å². The highest BCUT2D eigenvalue weighted by atomic mass is 79.9. The van der Waals surface area contributed by atoms with E-state index >= 15 is 0 Å². The lowest BCUT2D eigenvalue weighted by Crippen LogP contribution is -2.39. The third kappa shape index (κ3) is 2.02. The molecule has 4 heteroatoms. The molecule has 110 valence electrons. The molecule has 0 aliphatic carbocycles. The lowest BCUT2D eigenvalue weighted by Gasteiger charge is -2.26. The first kappa shape index (κ1) is 13.7. The molecule has 0 saturated carbocycles. The summed E-state index contributed by atoms with van der Waals surface area (Å²) in [6, 6.07) is 15.8. The second-order valence-corrected chi connectivity index (χ2v) is 6.42. The molecule has 1 atom stereocenters. The van der Waals surface area contributed by atoms with Gasteiger partial charge in [-0.2, -0.15) is 0 Å². The SMILES string of the molecule is O=C1N[C@]2(OCC/C2=C\c2ccc(Br)cc2)c2ccccc21. The highest BCUT2D eigenvalue weighted by Gasteiger charge is 2.49. The molecule has 1 fully saturated rings. The number of fused-ring (bicyclic) bond motifs is 2. The molecule has 1 saturated heterocycles. The van der Waals surface area contributed by atoms with E-state index in [2.05, 4.69) is 27.3 Å². The fourth-order valence-electron chi connectivity index (χ4n) is 3.17. The van der Waals surface area contributed by atoms with Gasteiger partial charge in [0.25, 0.3) is 5.91 Å². The summed E-state index contributed by atoms with van der Waals surface area (Å²) in [5, 5.41) is 3.04. The number of benzene rings is 2. The minimum Gasteiger partial charge on any atom is -0.347 e. The molecule has 0 bridgehead atoms. The Morgan fingerprint density at radius 2 is 1.91 bits per heavy atom. The van der Waals surface area contributed by atoms with E-state index in [1.54, 1.807) is 0 Å². The van der Waals surface area contributed by atoms with Crippen molar-refractivity contribution in [3.8, 4) is 0 Å². The van der Waals surface area contributed by atoms with E-state index in [-0.39, 0.29) is 5.91 Å². The van der Waals surface area contributed by atoms with Gasteiger partial charge >= 0.3 is 0 Å². The zero-order valence-electron chi connectivity index (χ0n) is 11.8. The number of hydrogen-bond donors (Lipinski definition) is 1. The van der Waals surface area contributed by atoms with Crippen molar-refractivity contribution in [1.29, 1.82) is 0 Å². The minimum absolute atomic E-state index is 0.0702. The summed E-state index contributed by atoms with van der Waals surface area (Å²) in [6.45, 7) is 0.608. The second-order valence-electron chi connectivity index (χ2n) is 5.50. The van der Waals surface area contributed by atoms with Crippen LogP contribution in [0.15, 0.2) is 58.6 Å². The molecule has 2 aliphatic heterocycles. The topological polar surface area (TPSA) is 38.3 Å². The van der Waals surface area contributed by atoms with Gasteiger partial charge in [0.05, 0.1) is 6.61 Å². The Kier molecular flexibility index (Phi) is 3.17. The first-order valence-corrected chi connectivity index (χ1v) is 8.01. The minimum atomic E-state index is -0.791. The monoisotopic (exact) mass is 355 g/mol. The molecular formula is C18H14BrNO2. The summed E-state index contributed by atoms with van der Waals surface area (Å²) in [7, 11) is 0. The maximum atomic E-state index is 12.2. The molecule has 1 amide bonds. The molecule has 2 heterocycles. The molecule has 2 aromatic rings. The van der Waals surface area contributed by atoms with E-state index in [1.165, 1.54) is 0 Å². The van der Waals surface area contributed by atoms with Crippen LogP contribution in [0.4, 0.5) is 0 Å². The average Bonchev–Trinajstić information content (AvgIpc) is 3.05. The van der Waals surface area contributed by atoms with E-state index in [9.17, 15) is 4.79 Å². The number of amides is 1. The van der Waals surface area contributed by atoms with E-state index in [0.717, 1.165) is 27.6 Å². The van der Waals surface area contributed by atoms with Gasteiger partial charge < -0.3 is 10.1 Å². The zero-order chi connectivity index (χ0) is 15.2. The van der Waals surface area contributed by atoms with E-state index in [4.69, 9.17) is 4.74 Å². The molecule has 2 aliphatic rings. The maximum Gasteiger partial charge on any atom is 0.254 e. The Labute approximate surface area is 137 Å². The van der Waals surface area contributed by atoms with Crippen molar-refractivity contribution in [2.24, 2.45) is 0 Å². The summed E-state index contributed by atoms with van der Waals surface area (Å²) < 4.78 is 7.05.